The molecular weight excluding hydrogens is 386 g/mol. The molecule has 0 saturated carbocycles. The molecule has 8 heteroatoms. The number of thioether (sulfide) groups is 1. The standard InChI is InChI=1S/C21H23N5O2S/c1-3-14-26-20(16-9-12-22-13-10-16)24-25-21(26)29-15-11-19(27)23-17-5-7-18(8-6-17)28-4-2/h3,5-10,12-13H,1,4,11,14-15H2,2H3,(H,23,27). The van der Waals surface area contributed by atoms with E-state index in [1.807, 2.05) is 47.9 Å². The van der Waals surface area contributed by atoms with Crippen LogP contribution in [0.25, 0.3) is 11.4 Å². The number of hydrogen-bond acceptors (Lipinski definition) is 6. The van der Waals surface area contributed by atoms with Crippen LogP contribution in [0.3, 0.4) is 0 Å². The van der Waals surface area contributed by atoms with E-state index in [-0.39, 0.29) is 5.91 Å². The predicted molar refractivity (Wildman–Crippen MR) is 115 cm³/mol. The number of ether oxygens (including phenoxy) is 1. The third kappa shape index (κ3) is 5.68. The van der Waals surface area contributed by atoms with Crippen molar-refractivity contribution in [3.63, 3.8) is 0 Å². The molecule has 7 nitrogen and oxygen atoms in total. The van der Waals surface area contributed by atoms with E-state index in [1.54, 1.807) is 18.5 Å². The predicted octanol–water partition coefficient (Wildman–Crippen LogP) is 4.05. The summed E-state index contributed by atoms with van der Waals surface area (Å²) in [4.78, 5) is 16.3. The summed E-state index contributed by atoms with van der Waals surface area (Å²) in [6.45, 7) is 6.95. The van der Waals surface area contributed by atoms with E-state index >= 15 is 0 Å². The first kappa shape index (κ1) is 20.6. The van der Waals surface area contributed by atoms with E-state index in [0.717, 1.165) is 28.0 Å². The van der Waals surface area contributed by atoms with Crippen molar-refractivity contribution in [1.82, 2.24) is 19.7 Å². The number of amides is 1. The molecular formula is C21H23N5O2S. The number of carbonyl (C=O) groups is 1. The van der Waals surface area contributed by atoms with Crippen molar-refractivity contribution >= 4 is 23.4 Å². The minimum absolute atomic E-state index is 0.0502. The minimum Gasteiger partial charge on any atom is -0.494 e. The Kier molecular flexibility index (Phi) is 7.40. The minimum atomic E-state index is -0.0502. The van der Waals surface area contributed by atoms with Gasteiger partial charge in [0, 0.05) is 42.4 Å². The molecule has 1 aromatic carbocycles. The molecule has 150 valence electrons. The summed E-state index contributed by atoms with van der Waals surface area (Å²) in [5.41, 5.74) is 1.69. The van der Waals surface area contributed by atoms with Crippen molar-refractivity contribution in [2.75, 3.05) is 17.7 Å². The second-order valence-electron chi connectivity index (χ2n) is 6.05. The third-order valence-electron chi connectivity index (χ3n) is 3.98. The number of hydrogen-bond donors (Lipinski definition) is 1. The molecule has 2 aromatic heterocycles. The Labute approximate surface area is 174 Å². The first-order valence-electron chi connectivity index (χ1n) is 9.31. The molecule has 1 N–H and O–H groups in total. The number of anilines is 1. The maximum Gasteiger partial charge on any atom is 0.225 e. The summed E-state index contributed by atoms with van der Waals surface area (Å²) in [5.74, 6) is 2.08. The van der Waals surface area contributed by atoms with Gasteiger partial charge in [-0.15, -0.1) is 16.8 Å². The van der Waals surface area contributed by atoms with Crippen LogP contribution >= 0.6 is 11.8 Å². The van der Waals surface area contributed by atoms with Gasteiger partial charge >= 0.3 is 0 Å². The number of allylic oxidation sites excluding steroid dienone is 1. The molecule has 0 fully saturated rings. The highest BCUT2D eigenvalue weighted by Gasteiger charge is 2.14. The Morgan fingerprint density at radius 1 is 1.21 bits per heavy atom. The quantitative estimate of drug-likeness (QED) is 0.402. The second kappa shape index (κ2) is 10.4. The van der Waals surface area contributed by atoms with Crippen LogP contribution in [0.2, 0.25) is 0 Å². The second-order valence-corrected chi connectivity index (χ2v) is 7.11. The highest BCUT2D eigenvalue weighted by atomic mass is 32.2. The van der Waals surface area contributed by atoms with Crippen LogP contribution in [-0.4, -0.2) is 38.0 Å². The summed E-state index contributed by atoms with van der Waals surface area (Å²) < 4.78 is 7.39. The van der Waals surface area contributed by atoms with Crippen LogP contribution in [0.1, 0.15) is 13.3 Å². The molecule has 29 heavy (non-hydrogen) atoms. The van der Waals surface area contributed by atoms with Crippen LogP contribution in [0.4, 0.5) is 5.69 Å². The van der Waals surface area contributed by atoms with Gasteiger partial charge in [-0.05, 0) is 43.3 Å². The fourth-order valence-electron chi connectivity index (χ4n) is 2.66. The molecule has 0 radical (unpaired) electrons. The largest absolute Gasteiger partial charge is 0.494 e. The summed E-state index contributed by atoms with van der Waals surface area (Å²) in [6.07, 6.45) is 5.61. The summed E-state index contributed by atoms with van der Waals surface area (Å²) in [7, 11) is 0. The molecule has 0 aliphatic rings. The summed E-state index contributed by atoms with van der Waals surface area (Å²) in [6, 6.07) is 11.1. The molecule has 0 atom stereocenters. The lowest BCUT2D eigenvalue weighted by Crippen LogP contribution is -2.12. The molecule has 0 saturated heterocycles. The molecule has 3 rings (SSSR count). The Morgan fingerprint density at radius 3 is 2.66 bits per heavy atom. The van der Waals surface area contributed by atoms with E-state index in [4.69, 9.17) is 4.74 Å². The van der Waals surface area contributed by atoms with Gasteiger partial charge in [-0.25, -0.2) is 0 Å². The lowest BCUT2D eigenvalue weighted by atomic mass is 10.2. The van der Waals surface area contributed by atoms with Crippen LogP contribution in [0.5, 0.6) is 5.75 Å². The number of carbonyl (C=O) groups excluding carboxylic acids is 1. The van der Waals surface area contributed by atoms with Crippen LogP contribution in [0.15, 0.2) is 66.6 Å². The van der Waals surface area contributed by atoms with Crippen molar-refractivity contribution in [3.05, 3.63) is 61.4 Å². The van der Waals surface area contributed by atoms with Crippen molar-refractivity contribution in [3.8, 4) is 17.1 Å². The number of rotatable bonds is 10. The van der Waals surface area contributed by atoms with Gasteiger partial charge in [0.2, 0.25) is 5.91 Å². The van der Waals surface area contributed by atoms with Gasteiger partial charge in [0.25, 0.3) is 0 Å². The van der Waals surface area contributed by atoms with Gasteiger partial charge in [0.15, 0.2) is 11.0 Å². The Bertz CT molecular complexity index is 941. The van der Waals surface area contributed by atoms with E-state index in [2.05, 4.69) is 27.1 Å². The first-order valence-corrected chi connectivity index (χ1v) is 10.3. The van der Waals surface area contributed by atoms with Crippen molar-refractivity contribution < 1.29 is 9.53 Å². The van der Waals surface area contributed by atoms with Crippen molar-refractivity contribution in [1.29, 1.82) is 0 Å². The monoisotopic (exact) mass is 409 g/mol. The molecule has 0 spiro atoms. The van der Waals surface area contributed by atoms with E-state index in [0.29, 0.717) is 25.3 Å². The zero-order chi connectivity index (χ0) is 20.5. The Hall–Kier alpha value is -3.13. The number of aromatic nitrogens is 4. The Morgan fingerprint density at radius 2 is 1.97 bits per heavy atom. The van der Waals surface area contributed by atoms with Gasteiger partial charge in [-0.2, -0.15) is 0 Å². The smallest absolute Gasteiger partial charge is 0.225 e. The van der Waals surface area contributed by atoms with Gasteiger partial charge in [0.05, 0.1) is 6.61 Å². The number of pyridine rings is 1. The molecule has 2 heterocycles. The van der Waals surface area contributed by atoms with Crippen LogP contribution in [0, 0.1) is 0 Å². The number of nitrogens with zero attached hydrogens (tertiary/aromatic N) is 4. The summed E-state index contributed by atoms with van der Waals surface area (Å²) >= 11 is 1.50. The zero-order valence-corrected chi connectivity index (χ0v) is 17.1. The van der Waals surface area contributed by atoms with Crippen LogP contribution < -0.4 is 10.1 Å². The molecule has 1 amide bonds. The zero-order valence-electron chi connectivity index (χ0n) is 16.2. The maximum atomic E-state index is 12.2. The fraction of sp³-hybridized carbons (Fsp3) is 0.238. The molecule has 0 unspecified atom stereocenters. The fourth-order valence-corrected chi connectivity index (χ4v) is 3.55. The van der Waals surface area contributed by atoms with Gasteiger partial charge in [0.1, 0.15) is 5.75 Å². The summed E-state index contributed by atoms with van der Waals surface area (Å²) in [5, 5.41) is 12.2. The molecule has 0 aliphatic carbocycles. The van der Waals surface area contributed by atoms with E-state index < -0.39 is 0 Å². The lowest BCUT2D eigenvalue weighted by molar-refractivity contribution is -0.115. The van der Waals surface area contributed by atoms with Crippen molar-refractivity contribution in [2.45, 2.75) is 25.0 Å². The van der Waals surface area contributed by atoms with Crippen molar-refractivity contribution in [2.24, 2.45) is 0 Å². The average molecular weight is 410 g/mol. The molecule has 0 bridgehead atoms. The Balaban J connectivity index is 1.56. The number of benzene rings is 1. The lowest BCUT2D eigenvalue weighted by Gasteiger charge is -2.08. The van der Waals surface area contributed by atoms with Gasteiger partial charge in [-0.1, -0.05) is 17.8 Å². The highest BCUT2D eigenvalue weighted by molar-refractivity contribution is 7.99. The van der Waals surface area contributed by atoms with E-state index in [1.165, 1.54) is 11.8 Å². The highest BCUT2D eigenvalue weighted by Crippen LogP contribution is 2.24. The molecule has 3 aromatic rings. The third-order valence-corrected chi connectivity index (χ3v) is 4.94. The van der Waals surface area contributed by atoms with Gasteiger partial charge in [-0.3, -0.25) is 14.3 Å². The van der Waals surface area contributed by atoms with Gasteiger partial charge < -0.3 is 10.1 Å². The first-order chi connectivity index (χ1) is 14.2. The topological polar surface area (TPSA) is 81.9 Å². The molecule has 0 aliphatic heterocycles. The number of nitrogens with one attached hydrogen (secondary N) is 1. The maximum absolute atomic E-state index is 12.2. The normalized spacial score (nSPS) is 10.5. The average Bonchev–Trinajstić information content (AvgIpc) is 3.13. The SMILES string of the molecule is C=CCn1c(SCCC(=O)Nc2ccc(OCC)cc2)nnc1-c1ccncc1. The van der Waals surface area contributed by atoms with Crippen LogP contribution in [-0.2, 0) is 11.3 Å². The van der Waals surface area contributed by atoms with E-state index in [9.17, 15) is 4.79 Å².